The van der Waals surface area contributed by atoms with Gasteiger partial charge in [-0.25, -0.2) is 9.37 Å². The summed E-state index contributed by atoms with van der Waals surface area (Å²) in [5.41, 5.74) is 0. The minimum atomic E-state index is -0.429. The van der Waals surface area contributed by atoms with Crippen LogP contribution in [0.25, 0.3) is 0 Å². The maximum absolute atomic E-state index is 13.2. The third-order valence-electron chi connectivity index (χ3n) is 1.91. The third kappa shape index (κ3) is 4.77. The lowest BCUT2D eigenvalue weighted by Crippen LogP contribution is -2.08. The Morgan fingerprint density at radius 2 is 2.31 bits per heavy atom. The van der Waals surface area contributed by atoms with Gasteiger partial charge >= 0.3 is 0 Å². The Labute approximate surface area is 100.0 Å². The highest BCUT2D eigenvalue weighted by Gasteiger charge is 2.02. The summed E-state index contributed by atoms with van der Waals surface area (Å²) in [4.78, 5) is 3.85. The number of ether oxygens (including phenoxy) is 1. The number of aromatic nitrogens is 1. The Bertz CT molecular complexity index is 323. The van der Waals surface area contributed by atoms with E-state index in [0.29, 0.717) is 18.2 Å². The Kier molecular flexibility index (Phi) is 6.11. The number of anilines is 1. The molecule has 0 atom stereocenters. The van der Waals surface area contributed by atoms with E-state index in [1.54, 1.807) is 0 Å². The molecule has 1 aromatic heterocycles. The zero-order valence-electron chi connectivity index (χ0n) is 9.30. The molecule has 90 valence electrons. The predicted octanol–water partition coefficient (Wildman–Crippen LogP) is 3.10. The second kappa shape index (κ2) is 7.41. The summed E-state index contributed by atoms with van der Waals surface area (Å²) in [6.07, 6.45) is 3.26. The fourth-order valence-corrected chi connectivity index (χ4v) is 1.32. The summed E-state index contributed by atoms with van der Waals surface area (Å²) < 4.78 is 18.5. The zero-order valence-corrected chi connectivity index (χ0v) is 10.1. The number of rotatable bonds is 7. The topological polar surface area (TPSA) is 34.1 Å². The van der Waals surface area contributed by atoms with Gasteiger partial charge in [0.2, 0.25) is 0 Å². The van der Waals surface area contributed by atoms with Crippen LogP contribution >= 0.6 is 11.6 Å². The van der Waals surface area contributed by atoms with Crippen molar-refractivity contribution in [2.75, 3.05) is 25.1 Å². The molecule has 0 amide bonds. The summed E-state index contributed by atoms with van der Waals surface area (Å²) in [5, 5.41) is 3.19. The molecule has 3 nitrogen and oxygen atoms in total. The first kappa shape index (κ1) is 13.2. The standard InChI is InChI=1S/C11H16ClFN2O/c1-2-5-16-6-3-4-14-11-10(13)7-9(12)8-15-11/h7-8H,2-6H2,1H3,(H,14,15). The lowest BCUT2D eigenvalue weighted by atomic mass is 10.4. The van der Waals surface area contributed by atoms with Crippen LogP contribution in [0.1, 0.15) is 19.8 Å². The largest absolute Gasteiger partial charge is 0.381 e. The molecular formula is C11H16ClFN2O. The van der Waals surface area contributed by atoms with Crippen molar-refractivity contribution >= 4 is 17.4 Å². The fourth-order valence-electron chi connectivity index (χ4n) is 1.17. The van der Waals surface area contributed by atoms with E-state index in [1.165, 1.54) is 12.3 Å². The molecule has 1 N–H and O–H groups in total. The summed E-state index contributed by atoms with van der Waals surface area (Å²) in [6.45, 7) is 4.14. The van der Waals surface area contributed by atoms with Gasteiger partial charge in [0.05, 0.1) is 5.02 Å². The summed E-state index contributed by atoms with van der Waals surface area (Å²) in [6, 6.07) is 1.24. The van der Waals surface area contributed by atoms with E-state index in [9.17, 15) is 4.39 Å². The molecule has 1 heterocycles. The second-order valence-corrected chi connectivity index (χ2v) is 3.81. The minimum absolute atomic E-state index is 0.236. The van der Waals surface area contributed by atoms with Crippen LogP contribution in [-0.4, -0.2) is 24.7 Å². The number of nitrogens with zero attached hydrogens (tertiary/aromatic N) is 1. The quantitative estimate of drug-likeness (QED) is 0.751. The molecule has 0 bridgehead atoms. The van der Waals surface area contributed by atoms with Gasteiger partial charge in [-0.05, 0) is 18.9 Å². The molecule has 0 spiro atoms. The zero-order chi connectivity index (χ0) is 11.8. The third-order valence-corrected chi connectivity index (χ3v) is 2.12. The van der Waals surface area contributed by atoms with E-state index in [-0.39, 0.29) is 5.82 Å². The maximum atomic E-state index is 13.2. The van der Waals surface area contributed by atoms with Gasteiger partial charge in [0.15, 0.2) is 11.6 Å². The van der Waals surface area contributed by atoms with Crippen molar-refractivity contribution in [2.24, 2.45) is 0 Å². The molecule has 0 aliphatic heterocycles. The van der Waals surface area contributed by atoms with Crippen molar-refractivity contribution in [3.63, 3.8) is 0 Å². The molecule has 0 aliphatic rings. The van der Waals surface area contributed by atoms with Crippen LogP contribution in [0.3, 0.4) is 0 Å². The van der Waals surface area contributed by atoms with Gasteiger partial charge in [-0.1, -0.05) is 18.5 Å². The number of nitrogens with one attached hydrogen (secondary N) is 1. The SMILES string of the molecule is CCCOCCCNc1ncc(Cl)cc1F. The molecule has 16 heavy (non-hydrogen) atoms. The van der Waals surface area contributed by atoms with Crippen molar-refractivity contribution < 1.29 is 9.13 Å². The summed E-state index contributed by atoms with van der Waals surface area (Å²) >= 11 is 5.59. The molecule has 0 aromatic carbocycles. The van der Waals surface area contributed by atoms with Gasteiger partial charge in [-0.15, -0.1) is 0 Å². The molecule has 1 rings (SSSR count). The number of pyridine rings is 1. The van der Waals surface area contributed by atoms with Crippen LogP contribution in [-0.2, 0) is 4.74 Å². The average Bonchev–Trinajstić information content (AvgIpc) is 2.26. The van der Waals surface area contributed by atoms with Gasteiger partial charge in [0, 0.05) is 26.0 Å². The summed E-state index contributed by atoms with van der Waals surface area (Å²) in [7, 11) is 0. The molecule has 1 aromatic rings. The van der Waals surface area contributed by atoms with E-state index in [4.69, 9.17) is 16.3 Å². The van der Waals surface area contributed by atoms with Gasteiger partial charge in [-0.2, -0.15) is 0 Å². The molecule has 0 saturated heterocycles. The lowest BCUT2D eigenvalue weighted by molar-refractivity contribution is 0.134. The summed E-state index contributed by atoms with van der Waals surface area (Å²) in [5.74, 6) is -0.193. The van der Waals surface area contributed by atoms with E-state index >= 15 is 0 Å². The van der Waals surface area contributed by atoms with Crippen LogP contribution in [0.4, 0.5) is 10.2 Å². The Hall–Kier alpha value is -0.870. The minimum Gasteiger partial charge on any atom is -0.381 e. The van der Waals surface area contributed by atoms with Gasteiger partial charge in [0.1, 0.15) is 0 Å². The monoisotopic (exact) mass is 246 g/mol. The molecule has 0 radical (unpaired) electrons. The van der Waals surface area contributed by atoms with E-state index in [0.717, 1.165) is 19.4 Å². The van der Waals surface area contributed by atoms with E-state index in [2.05, 4.69) is 17.2 Å². The van der Waals surface area contributed by atoms with Gasteiger partial charge in [0.25, 0.3) is 0 Å². The highest BCUT2D eigenvalue weighted by atomic mass is 35.5. The maximum Gasteiger partial charge on any atom is 0.166 e. The van der Waals surface area contributed by atoms with Gasteiger partial charge < -0.3 is 10.1 Å². The van der Waals surface area contributed by atoms with Crippen LogP contribution in [0.15, 0.2) is 12.3 Å². The number of hydrogen-bond acceptors (Lipinski definition) is 3. The van der Waals surface area contributed by atoms with Crippen molar-refractivity contribution in [1.82, 2.24) is 4.98 Å². The lowest BCUT2D eigenvalue weighted by Gasteiger charge is -2.06. The first-order chi connectivity index (χ1) is 7.74. The van der Waals surface area contributed by atoms with Crippen molar-refractivity contribution in [2.45, 2.75) is 19.8 Å². The molecule has 5 heteroatoms. The molecule has 0 aliphatic carbocycles. The van der Waals surface area contributed by atoms with Crippen molar-refractivity contribution in [1.29, 1.82) is 0 Å². The van der Waals surface area contributed by atoms with Crippen LogP contribution in [0.2, 0.25) is 5.02 Å². The Morgan fingerprint density at radius 1 is 1.50 bits per heavy atom. The molecular weight excluding hydrogens is 231 g/mol. The second-order valence-electron chi connectivity index (χ2n) is 3.38. The highest BCUT2D eigenvalue weighted by molar-refractivity contribution is 6.30. The first-order valence-corrected chi connectivity index (χ1v) is 5.74. The first-order valence-electron chi connectivity index (χ1n) is 5.36. The molecule has 0 unspecified atom stereocenters. The average molecular weight is 247 g/mol. The van der Waals surface area contributed by atoms with Crippen LogP contribution in [0, 0.1) is 5.82 Å². The van der Waals surface area contributed by atoms with E-state index < -0.39 is 5.82 Å². The van der Waals surface area contributed by atoms with Crippen molar-refractivity contribution in [3.05, 3.63) is 23.1 Å². The molecule has 0 fully saturated rings. The van der Waals surface area contributed by atoms with Gasteiger partial charge in [-0.3, -0.25) is 0 Å². The van der Waals surface area contributed by atoms with E-state index in [1.807, 2.05) is 0 Å². The van der Waals surface area contributed by atoms with Crippen LogP contribution < -0.4 is 5.32 Å². The normalized spacial score (nSPS) is 10.4. The number of hydrogen-bond donors (Lipinski definition) is 1. The van der Waals surface area contributed by atoms with Crippen molar-refractivity contribution in [3.8, 4) is 0 Å². The Morgan fingerprint density at radius 3 is 3.00 bits per heavy atom. The molecule has 0 saturated carbocycles. The Balaban J connectivity index is 2.21. The number of halogens is 2. The highest BCUT2D eigenvalue weighted by Crippen LogP contribution is 2.15. The smallest absolute Gasteiger partial charge is 0.166 e. The fraction of sp³-hybridized carbons (Fsp3) is 0.545. The predicted molar refractivity (Wildman–Crippen MR) is 63.4 cm³/mol. The van der Waals surface area contributed by atoms with Crippen LogP contribution in [0.5, 0.6) is 0 Å².